The molecule has 1 amide bonds. The van der Waals surface area contributed by atoms with E-state index in [0.717, 1.165) is 9.13 Å². The lowest BCUT2D eigenvalue weighted by Crippen LogP contribution is -2.34. The van der Waals surface area contributed by atoms with Crippen LogP contribution in [0.1, 0.15) is 22.8 Å². The fraction of sp³-hybridized carbons (Fsp3) is 0.176. The number of thiocarbonyl (C=S) groups is 1. The van der Waals surface area contributed by atoms with Crippen molar-refractivity contribution in [1.82, 2.24) is 5.32 Å². The number of ether oxygens (including phenoxy) is 2. The second-order valence-corrected chi connectivity index (χ2v) is 6.99. The zero-order chi connectivity index (χ0) is 18.4. The molecular formula is C17H16ClIN2O3S. The second-order valence-electron chi connectivity index (χ2n) is 4.96. The number of carbonyl (C=O) groups is 1. The molecule has 132 valence electrons. The maximum Gasteiger partial charge on any atom is 0.257 e. The molecule has 0 heterocycles. The summed E-state index contributed by atoms with van der Waals surface area (Å²) in [5, 5.41) is 2.96. The van der Waals surface area contributed by atoms with E-state index in [4.69, 9.17) is 39.0 Å². The van der Waals surface area contributed by atoms with Crippen LogP contribution in [0.5, 0.6) is 11.5 Å². The summed E-state index contributed by atoms with van der Waals surface area (Å²) in [7, 11) is 0. The molecule has 0 aliphatic carbocycles. The highest BCUT2D eigenvalue weighted by Gasteiger charge is 2.16. The number of hydrogen-bond acceptors (Lipinski definition) is 4. The highest BCUT2D eigenvalue weighted by molar-refractivity contribution is 14.1. The number of hydrogen-bond donors (Lipinski definition) is 2. The Labute approximate surface area is 170 Å². The molecule has 5 nitrogen and oxygen atoms in total. The molecule has 0 aromatic heterocycles. The van der Waals surface area contributed by atoms with Crippen molar-refractivity contribution in [3.63, 3.8) is 0 Å². The first-order valence-corrected chi connectivity index (χ1v) is 9.21. The largest absolute Gasteiger partial charge is 0.490 e. The molecule has 0 atom stereocenters. The van der Waals surface area contributed by atoms with E-state index in [9.17, 15) is 4.79 Å². The fourth-order valence-electron chi connectivity index (χ4n) is 2.07. The summed E-state index contributed by atoms with van der Waals surface area (Å²) >= 11 is 12.8. The van der Waals surface area contributed by atoms with Gasteiger partial charge in [0.1, 0.15) is 6.61 Å². The Morgan fingerprint density at radius 1 is 1.32 bits per heavy atom. The van der Waals surface area contributed by atoms with Gasteiger partial charge in [-0.3, -0.25) is 10.1 Å². The summed E-state index contributed by atoms with van der Waals surface area (Å²) in [6, 6.07) is 10.7. The first kappa shape index (κ1) is 19.7. The molecule has 2 aromatic rings. The van der Waals surface area contributed by atoms with Crippen molar-refractivity contribution < 1.29 is 14.3 Å². The molecule has 2 rings (SSSR count). The zero-order valence-electron chi connectivity index (χ0n) is 13.3. The lowest BCUT2D eigenvalue weighted by Gasteiger charge is -2.15. The summed E-state index contributed by atoms with van der Waals surface area (Å²) in [5.74, 6) is 0.645. The number of nitrogens with one attached hydrogen (secondary N) is 1. The molecule has 3 N–H and O–H groups in total. The smallest absolute Gasteiger partial charge is 0.257 e. The van der Waals surface area contributed by atoms with Crippen LogP contribution in [0.4, 0.5) is 0 Å². The third kappa shape index (κ3) is 5.72. The van der Waals surface area contributed by atoms with Crippen molar-refractivity contribution in [2.75, 3.05) is 6.61 Å². The van der Waals surface area contributed by atoms with Crippen LogP contribution in [-0.2, 0) is 6.61 Å². The normalized spacial score (nSPS) is 10.2. The average molecular weight is 491 g/mol. The minimum atomic E-state index is -0.396. The summed E-state index contributed by atoms with van der Waals surface area (Å²) in [5.41, 5.74) is 6.67. The number of rotatable bonds is 6. The Morgan fingerprint density at radius 3 is 2.72 bits per heavy atom. The van der Waals surface area contributed by atoms with E-state index in [2.05, 4.69) is 27.9 Å². The van der Waals surface area contributed by atoms with Crippen molar-refractivity contribution in [2.45, 2.75) is 13.5 Å². The van der Waals surface area contributed by atoms with Crippen LogP contribution >= 0.6 is 46.4 Å². The molecule has 8 heteroatoms. The molecule has 2 aromatic carbocycles. The molecule has 0 bridgehead atoms. The molecule has 0 unspecified atom stereocenters. The van der Waals surface area contributed by atoms with E-state index < -0.39 is 5.91 Å². The number of carbonyl (C=O) groups excluding carboxylic acids is 1. The van der Waals surface area contributed by atoms with Crippen LogP contribution in [0.25, 0.3) is 0 Å². The van der Waals surface area contributed by atoms with Crippen LogP contribution in [0.3, 0.4) is 0 Å². The Morgan fingerprint density at radius 2 is 2.08 bits per heavy atom. The predicted octanol–water partition coefficient (Wildman–Crippen LogP) is 3.90. The first-order chi connectivity index (χ1) is 11.9. The average Bonchev–Trinajstić information content (AvgIpc) is 2.53. The lowest BCUT2D eigenvalue weighted by atomic mass is 10.2. The molecule has 0 saturated heterocycles. The topological polar surface area (TPSA) is 73.6 Å². The van der Waals surface area contributed by atoms with Gasteiger partial charge in [-0.1, -0.05) is 23.7 Å². The maximum absolute atomic E-state index is 12.1. The van der Waals surface area contributed by atoms with Gasteiger partial charge in [0.25, 0.3) is 5.91 Å². The standard InChI is InChI=1S/C17H16ClIN2O3S/c1-2-23-14-8-11(16(22)21-17(20)25)7-13(19)15(14)24-9-10-4-3-5-12(18)6-10/h3-8H,2,9H2,1H3,(H3,20,21,22,25). The quantitative estimate of drug-likeness (QED) is 0.475. The highest BCUT2D eigenvalue weighted by atomic mass is 127. The van der Waals surface area contributed by atoms with E-state index in [-0.39, 0.29) is 5.11 Å². The van der Waals surface area contributed by atoms with Crippen LogP contribution in [0, 0.1) is 3.57 Å². The zero-order valence-corrected chi connectivity index (χ0v) is 17.1. The van der Waals surface area contributed by atoms with Gasteiger partial charge in [-0.15, -0.1) is 0 Å². The van der Waals surface area contributed by atoms with Gasteiger partial charge in [-0.05, 0) is 71.6 Å². The number of benzene rings is 2. The first-order valence-electron chi connectivity index (χ1n) is 7.35. The molecule has 0 radical (unpaired) electrons. The van der Waals surface area contributed by atoms with E-state index in [0.29, 0.717) is 35.3 Å². The van der Waals surface area contributed by atoms with Gasteiger partial charge >= 0.3 is 0 Å². The fourth-order valence-corrected chi connectivity index (χ4v) is 3.13. The molecule has 0 fully saturated rings. The van der Waals surface area contributed by atoms with Crippen molar-refractivity contribution in [1.29, 1.82) is 0 Å². The van der Waals surface area contributed by atoms with E-state index in [1.54, 1.807) is 18.2 Å². The second kappa shape index (κ2) is 9.21. The van der Waals surface area contributed by atoms with Crippen molar-refractivity contribution >= 4 is 57.4 Å². The van der Waals surface area contributed by atoms with Crippen LogP contribution in [0.15, 0.2) is 36.4 Å². The van der Waals surface area contributed by atoms with Crippen molar-refractivity contribution in [2.24, 2.45) is 5.73 Å². The van der Waals surface area contributed by atoms with Gasteiger partial charge in [0.05, 0.1) is 10.2 Å². The van der Waals surface area contributed by atoms with E-state index in [1.165, 1.54) is 0 Å². The van der Waals surface area contributed by atoms with Gasteiger partial charge < -0.3 is 15.2 Å². The third-order valence-corrected chi connectivity index (χ3v) is 4.22. The predicted molar refractivity (Wildman–Crippen MR) is 110 cm³/mol. The molecule has 0 spiro atoms. The van der Waals surface area contributed by atoms with Gasteiger partial charge in [-0.25, -0.2) is 0 Å². The summed E-state index contributed by atoms with van der Waals surface area (Å²) in [6.07, 6.45) is 0. The lowest BCUT2D eigenvalue weighted by molar-refractivity contribution is 0.0977. The number of halogens is 2. The van der Waals surface area contributed by atoms with Crippen molar-refractivity contribution in [3.05, 3.63) is 56.1 Å². The molecule has 25 heavy (non-hydrogen) atoms. The van der Waals surface area contributed by atoms with Gasteiger partial charge in [-0.2, -0.15) is 0 Å². The van der Waals surface area contributed by atoms with E-state index >= 15 is 0 Å². The molecular weight excluding hydrogens is 475 g/mol. The van der Waals surface area contributed by atoms with Crippen LogP contribution in [-0.4, -0.2) is 17.6 Å². The van der Waals surface area contributed by atoms with Gasteiger partial charge in [0.2, 0.25) is 0 Å². The molecule has 0 aliphatic rings. The van der Waals surface area contributed by atoms with E-state index in [1.807, 2.05) is 25.1 Å². The van der Waals surface area contributed by atoms with Crippen molar-refractivity contribution in [3.8, 4) is 11.5 Å². The molecule has 0 aliphatic heterocycles. The summed E-state index contributed by atoms with van der Waals surface area (Å²) in [6.45, 7) is 2.62. The van der Waals surface area contributed by atoms with Crippen LogP contribution in [0.2, 0.25) is 5.02 Å². The minimum absolute atomic E-state index is 0.0840. The summed E-state index contributed by atoms with van der Waals surface area (Å²) < 4.78 is 12.3. The number of nitrogens with two attached hydrogens (primary N) is 1. The Hall–Kier alpha value is -1.58. The Balaban J connectivity index is 2.27. The monoisotopic (exact) mass is 490 g/mol. The molecule has 0 saturated carbocycles. The third-order valence-electron chi connectivity index (χ3n) is 3.08. The minimum Gasteiger partial charge on any atom is -0.490 e. The Kier molecular flexibility index (Phi) is 7.27. The Bertz CT molecular complexity index is 801. The van der Waals surface area contributed by atoms with Crippen LogP contribution < -0.4 is 20.5 Å². The SMILES string of the molecule is CCOc1cc(C(=O)NC(N)=S)cc(I)c1OCc1cccc(Cl)c1. The van der Waals surface area contributed by atoms with Gasteiger partial charge in [0, 0.05) is 10.6 Å². The highest BCUT2D eigenvalue weighted by Crippen LogP contribution is 2.35. The van der Waals surface area contributed by atoms with Gasteiger partial charge in [0.15, 0.2) is 16.6 Å². The number of amides is 1. The summed E-state index contributed by atoms with van der Waals surface area (Å²) in [4.78, 5) is 12.1. The maximum atomic E-state index is 12.1.